The average Bonchev–Trinajstić information content (AvgIpc) is 2.83. The summed E-state index contributed by atoms with van der Waals surface area (Å²) in [6.45, 7) is 4.87. The average molecular weight is 390 g/mol. The Kier molecular flexibility index (Phi) is 4.95. The van der Waals surface area contributed by atoms with E-state index >= 15 is 0 Å². The molecule has 1 heterocycles. The van der Waals surface area contributed by atoms with E-state index < -0.39 is 0 Å². The number of hydrogen-bond donors (Lipinski definition) is 2. The highest BCUT2D eigenvalue weighted by Gasteiger charge is 2.13. The molecule has 0 amide bonds. The van der Waals surface area contributed by atoms with Gasteiger partial charge in [0.15, 0.2) is 0 Å². The first-order valence-corrected chi connectivity index (χ1v) is 7.47. The van der Waals surface area contributed by atoms with Crippen LogP contribution < -0.4 is 10.6 Å². The van der Waals surface area contributed by atoms with Gasteiger partial charge in [0.05, 0.1) is 11.7 Å². The van der Waals surface area contributed by atoms with Crippen molar-refractivity contribution in [3.63, 3.8) is 0 Å². The summed E-state index contributed by atoms with van der Waals surface area (Å²) in [6.07, 6.45) is 0. The van der Waals surface area contributed by atoms with Crippen LogP contribution in [0.2, 0.25) is 0 Å². The largest absolute Gasteiger partial charge is 0.406 e. The van der Waals surface area contributed by atoms with Gasteiger partial charge in [-0.05, 0) is 47.6 Å². The first-order valence-electron chi connectivity index (χ1n) is 5.89. The molecule has 0 saturated carbocycles. The third kappa shape index (κ3) is 3.77. The molecule has 102 valence electrons. The van der Waals surface area contributed by atoms with Crippen molar-refractivity contribution in [1.82, 2.24) is 15.5 Å². The first-order chi connectivity index (χ1) is 9.10. The molecule has 1 atom stereocenters. The summed E-state index contributed by atoms with van der Waals surface area (Å²) >= 11 is 6.88. The minimum absolute atomic E-state index is 0.0407. The zero-order chi connectivity index (χ0) is 13.8. The monoisotopic (exact) mass is 388 g/mol. The minimum atomic E-state index is 0.0407. The lowest BCUT2D eigenvalue weighted by Gasteiger charge is -2.06. The van der Waals surface area contributed by atoms with E-state index in [0.717, 1.165) is 21.2 Å². The first kappa shape index (κ1) is 14.5. The van der Waals surface area contributed by atoms with Crippen LogP contribution in [0.1, 0.15) is 25.8 Å². The van der Waals surface area contributed by atoms with E-state index in [-0.39, 0.29) is 6.04 Å². The molecule has 5 nitrogen and oxygen atoms in total. The molecule has 1 aromatic heterocycles. The summed E-state index contributed by atoms with van der Waals surface area (Å²) in [5.41, 5.74) is 0.862. The number of nitrogens with one attached hydrogen (secondary N) is 2. The molecule has 0 radical (unpaired) electrons. The molecule has 7 heteroatoms. The van der Waals surface area contributed by atoms with Gasteiger partial charge >= 0.3 is 6.01 Å². The maximum absolute atomic E-state index is 5.56. The number of benzene rings is 1. The van der Waals surface area contributed by atoms with Crippen LogP contribution in [0.3, 0.4) is 0 Å². The van der Waals surface area contributed by atoms with Crippen LogP contribution >= 0.6 is 31.9 Å². The van der Waals surface area contributed by atoms with Crippen molar-refractivity contribution >= 4 is 43.6 Å². The summed E-state index contributed by atoms with van der Waals surface area (Å²) in [6, 6.07) is 6.23. The van der Waals surface area contributed by atoms with Crippen molar-refractivity contribution in [2.75, 3.05) is 11.9 Å². The molecule has 0 bridgehead atoms. The molecule has 0 aliphatic heterocycles. The third-order valence-corrected chi connectivity index (χ3v) is 3.68. The van der Waals surface area contributed by atoms with Crippen LogP contribution in [0.25, 0.3) is 0 Å². The number of aromatic nitrogens is 2. The van der Waals surface area contributed by atoms with Gasteiger partial charge in [-0.3, -0.25) is 0 Å². The fourth-order valence-electron chi connectivity index (χ4n) is 1.56. The minimum Gasteiger partial charge on any atom is -0.406 e. The Hall–Kier alpha value is -0.920. The molecule has 0 spiro atoms. The van der Waals surface area contributed by atoms with Gasteiger partial charge in [-0.25, -0.2) is 0 Å². The van der Waals surface area contributed by atoms with Gasteiger partial charge in [0, 0.05) is 8.95 Å². The molecule has 0 aliphatic carbocycles. The third-order valence-electron chi connectivity index (χ3n) is 2.49. The predicted octanol–water partition coefficient (Wildman–Crippen LogP) is 4.01. The standard InChI is InChI=1S/C12H14Br2N4O/c1-3-15-7(2)11-17-18-12(19-11)16-10-6-8(13)4-5-9(10)14/h4-7,15H,3H2,1-2H3,(H,16,18). The van der Waals surface area contributed by atoms with E-state index in [1.807, 2.05) is 32.0 Å². The Labute approximate surface area is 128 Å². The number of halogens is 2. The Bertz CT molecular complexity index is 558. The summed E-state index contributed by atoms with van der Waals surface area (Å²) in [5.74, 6) is 0.565. The van der Waals surface area contributed by atoms with Gasteiger partial charge in [0.2, 0.25) is 5.89 Å². The van der Waals surface area contributed by atoms with E-state index in [2.05, 4.69) is 52.7 Å². The van der Waals surface area contributed by atoms with Crippen molar-refractivity contribution in [3.8, 4) is 0 Å². The van der Waals surface area contributed by atoms with Crippen LogP contribution in [-0.2, 0) is 0 Å². The maximum atomic E-state index is 5.56. The summed E-state index contributed by atoms with van der Waals surface area (Å²) in [7, 11) is 0. The van der Waals surface area contributed by atoms with Crippen molar-refractivity contribution in [2.24, 2.45) is 0 Å². The predicted molar refractivity (Wildman–Crippen MR) is 81.5 cm³/mol. The van der Waals surface area contributed by atoms with Gasteiger partial charge in [0.25, 0.3) is 0 Å². The zero-order valence-corrected chi connectivity index (χ0v) is 13.7. The van der Waals surface area contributed by atoms with Gasteiger partial charge in [-0.2, -0.15) is 0 Å². The van der Waals surface area contributed by atoms with E-state index in [4.69, 9.17) is 4.42 Å². The Morgan fingerprint density at radius 1 is 1.32 bits per heavy atom. The second-order valence-electron chi connectivity index (χ2n) is 3.97. The molecule has 2 rings (SSSR count). The zero-order valence-electron chi connectivity index (χ0n) is 10.6. The van der Waals surface area contributed by atoms with Crippen LogP contribution in [0.15, 0.2) is 31.6 Å². The van der Waals surface area contributed by atoms with E-state index in [0.29, 0.717) is 11.9 Å². The van der Waals surface area contributed by atoms with E-state index in [9.17, 15) is 0 Å². The van der Waals surface area contributed by atoms with E-state index in [1.54, 1.807) is 0 Å². The fraction of sp³-hybridized carbons (Fsp3) is 0.333. The van der Waals surface area contributed by atoms with Crippen LogP contribution in [0.5, 0.6) is 0 Å². The molecule has 2 aromatic rings. The molecule has 0 saturated heterocycles. The smallest absolute Gasteiger partial charge is 0.320 e. The Morgan fingerprint density at radius 2 is 2.11 bits per heavy atom. The lowest BCUT2D eigenvalue weighted by molar-refractivity contribution is 0.430. The molecule has 2 N–H and O–H groups in total. The SMILES string of the molecule is CCNC(C)c1nnc(Nc2cc(Br)ccc2Br)o1. The van der Waals surface area contributed by atoms with Crippen LogP contribution in [-0.4, -0.2) is 16.7 Å². The number of hydrogen-bond acceptors (Lipinski definition) is 5. The number of nitrogens with zero attached hydrogens (tertiary/aromatic N) is 2. The van der Waals surface area contributed by atoms with Crippen LogP contribution in [0.4, 0.5) is 11.7 Å². The number of rotatable bonds is 5. The van der Waals surface area contributed by atoms with Crippen molar-refractivity contribution in [2.45, 2.75) is 19.9 Å². The lowest BCUT2D eigenvalue weighted by Crippen LogP contribution is -2.17. The molecular formula is C12H14Br2N4O. The van der Waals surface area contributed by atoms with Crippen LogP contribution in [0, 0.1) is 0 Å². The summed E-state index contributed by atoms with van der Waals surface area (Å²) in [5, 5.41) is 14.3. The molecule has 1 unspecified atom stereocenters. The van der Waals surface area contributed by atoms with Gasteiger partial charge in [0.1, 0.15) is 0 Å². The quantitative estimate of drug-likeness (QED) is 0.808. The highest BCUT2D eigenvalue weighted by atomic mass is 79.9. The maximum Gasteiger partial charge on any atom is 0.320 e. The normalized spacial score (nSPS) is 12.4. The lowest BCUT2D eigenvalue weighted by atomic mass is 10.3. The van der Waals surface area contributed by atoms with Gasteiger partial charge in [-0.1, -0.05) is 28.0 Å². The summed E-state index contributed by atoms with van der Waals surface area (Å²) < 4.78 is 7.46. The molecular weight excluding hydrogens is 376 g/mol. The van der Waals surface area contributed by atoms with Gasteiger partial charge < -0.3 is 15.1 Å². The summed E-state index contributed by atoms with van der Waals surface area (Å²) in [4.78, 5) is 0. The molecule has 1 aromatic carbocycles. The fourth-order valence-corrected chi connectivity index (χ4v) is 2.27. The van der Waals surface area contributed by atoms with Crippen molar-refractivity contribution in [1.29, 1.82) is 0 Å². The van der Waals surface area contributed by atoms with Crippen molar-refractivity contribution < 1.29 is 4.42 Å². The highest BCUT2D eigenvalue weighted by Crippen LogP contribution is 2.28. The topological polar surface area (TPSA) is 63.0 Å². The second-order valence-corrected chi connectivity index (χ2v) is 5.74. The second kappa shape index (κ2) is 6.49. The highest BCUT2D eigenvalue weighted by molar-refractivity contribution is 9.11. The Balaban J connectivity index is 2.13. The molecule has 19 heavy (non-hydrogen) atoms. The number of anilines is 2. The molecule has 0 fully saturated rings. The van der Waals surface area contributed by atoms with Gasteiger partial charge in [-0.15, -0.1) is 5.10 Å². The molecule has 0 aliphatic rings. The Morgan fingerprint density at radius 3 is 2.84 bits per heavy atom. The van der Waals surface area contributed by atoms with Crippen molar-refractivity contribution in [3.05, 3.63) is 33.0 Å². The van der Waals surface area contributed by atoms with E-state index in [1.165, 1.54) is 0 Å².